The Morgan fingerprint density at radius 3 is 2.48 bits per heavy atom. The number of primary amides is 1. The molecule has 0 aliphatic carbocycles. The van der Waals surface area contributed by atoms with E-state index in [2.05, 4.69) is 39.4 Å². The zero-order chi connectivity index (χ0) is 17.6. The molecule has 0 aromatic heterocycles. The lowest BCUT2D eigenvalue weighted by molar-refractivity contribution is -0.132. The highest BCUT2D eigenvalue weighted by atomic mass is 16.2. The third-order valence-electron chi connectivity index (χ3n) is 5.12. The van der Waals surface area contributed by atoms with Crippen LogP contribution in [0.15, 0.2) is 30.3 Å². The summed E-state index contributed by atoms with van der Waals surface area (Å²) in [5, 5.41) is 2.39. The number of benzene rings is 1. The number of urea groups is 1. The molecule has 2 aliphatic rings. The van der Waals surface area contributed by atoms with Crippen molar-refractivity contribution in [3.63, 3.8) is 0 Å². The topological polar surface area (TPSA) is 81.9 Å². The zero-order valence-electron chi connectivity index (χ0n) is 14.6. The summed E-state index contributed by atoms with van der Waals surface area (Å²) in [5.74, 6) is -0.0496. The fraction of sp³-hybridized carbons (Fsp3) is 0.556. The molecule has 2 fully saturated rings. The second-order valence-corrected chi connectivity index (χ2v) is 6.71. The number of hydrogen-bond acceptors (Lipinski definition) is 4. The molecule has 1 aromatic carbocycles. The SMILES string of the molecule is NC(=O)NCC(=O)N1CCCC(N2CCN(c3ccccc3)CC2)C1. The van der Waals surface area contributed by atoms with Crippen molar-refractivity contribution in [2.45, 2.75) is 18.9 Å². The third kappa shape index (κ3) is 4.63. The summed E-state index contributed by atoms with van der Waals surface area (Å²) in [6, 6.07) is 10.3. The summed E-state index contributed by atoms with van der Waals surface area (Å²) in [6.45, 7) is 5.55. The van der Waals surface area contributed by atoms with Crippen molar-refractivity contribution < 1.29 is 9.59 Å². The number of likely N-dealkylation sites (tertiary alicyclic amines) is 1. The van der Waals surface area contributed by atoms with Crippen LogP contribution in [0.3, 0.4) is 0 Å². The van der Waals surface area contributed by atoms with Gasteiger partial charge in [-0.25, -0.2) is 4.79 Å². The quantitative estimate of drug-likeness (QED) is 0.831. The first-order valence-corrected chi connectivity index (χ1v) is 8.98. The van der Waals surface area contributed by atoms with Crippen molar-refractivity contribution in [2.75, 3.05) is 50.7 Å². The third-order valence-corrected chi connectivity index (χ3v) is 5.12. The first kappa shape index (κ1) is 17.5. The van der Waals surface area contributed by atoms with E-state index in [0.29, 0.717) is 6.04 Å². The predicted molar refractivity (Wildman–Crippen MR) is 97.4 cm³/mol. The van der Waals surface area contributed by atoms with Gasteiger partial charge in [-0.3, -0.25) is 9.69 Å². The van der Waals surface area contributed by atoms with Crippen LogP contribution in [0.1, 0.15) is 12.8 Å². The van der Waals surface area contributed by atoms with Gasteiger partial charge in [-0.15, -0.1) is 0 Å². The van der Waals surface area contributed by atoms with Gasteiger partial charge in [0.05, 0.1) is 6.54 Å². The molecular formula is C18H27N5O2. The van der Waals surface area contributed by atoms with Gasteiger partial charge in [0.2, 0.25) is 5.91 Å². The van der Waals surface area contributed by atoms with Gasteiger partial charge in [0.25, 0.3) is 0 Å². The molecule has 0 saturated carbocycles. The summed E-state index contributed by atoms with van der Waals surface area (Å²) in [5.41, 5.74) is 6.32. The molecular weight excluding hydrogens is 318 g/mol. The number of nitrogens with zero attached hydrogens (tertiary/aromatic N) is 3. The van der Waals surface area contributed by atoms with Gasteiger partial charge in [-0.1, -0.05) is 18.2 Å². The van der Waals surface area contributed by atoms with Crippen LogP contribution in [-0.2, 0) is 4.79 Å². The summed E-state index contributed by atoms with van der Waals surface area (Å²) < 4.78 is 0. The maximum absolute atomic E-state index is 12.2. The van der Waals surface area contributed by atoms with Crippen LogP contribution in [0.5, 0.6) is 0 Å². The molecule has 136 valence electrons. The number of nitrogens with one attached hydrogen (secondary N) is 1. The molecule has 2 aliphatic heterocycles. The number of piperazine rings is 1. The molecule has 7 heteroatoms. The number of para-hydroxylation sites is 1. The first-order chi connectivity index (χ1) is 12.1. The second-order valence-electron chi connectivity index (χ2n) is 6.71. The second kappa shape index (κ2) is 8.20. The number of rotatable bonds is 4. The van der Waals surface area contributed by atoms with Gasteiger partial charge in [0, 0.05) is 51.0 Å². The Hall–Kier alpha value is -2.28. The maximum atomic E-state index is 12.2. The minimum atomic E-state index is -0.654. The summed E-state index contributed by atoms with van der Waals surface area (Å²) in [4.78, 5) is 29.7. The fourth-order valence-corrected chi connectivity index (χ4v) is 3.74. The Bertz CT molecular complexity index is 586. The highest BCUT2D eigenvalue weighted by Gasteiger charge is 2.29. The van der Waals surface area contributed by atoms with Crippen molar-refractivity contribution in [3.05, 3.63) is 30.3 Å². The van der Waals surface area contributed by atoms with Crippen molar-refractivity contribution >= 4 is 17.6 Å². The fourth-order valence-electron chi connectivity index (χ4n) is 3.74. The molecule has 1 unspecified atom stereocenters. The van der Waals surface area contributed by atoms with E-state index >= 15 is 0 Å². The molecule has 3 N–H and O–H groups in total. The minimum absolute atomic E-state index is 0.0101. The Kier molecular flexibility index (Phi) is 5.75. The number of carbonyl (C=O) groups excluding carboxylic acids is 2. The monoisotopic (exact) mass is 345 g/mol. The highest BCUT2D eigenvalue weighted by Crippen LogP contribution is 2.20. The van der Waals surface area contributed by atoms with E-state index in [0.717, 1.165) is 52.1 Å². The standard InChI is InChI=1S/C18H27N5O2/c19-18(25)20-13-17(24)23-8-4-7-16(14-23)22-11-9-21(10-12-22)15-5-2-1-3-6-15/h1-3,5-6,16H,4,7-14H2,(H3,19,20,25). The van der Waals surface area contributed by atoms with E-state index in [1.54, 1.807) is 0 Å². The number of nitrogens with two attached hydrogens (primary N) is 1. The minimum Gasteiger partial charge on any atom is -0.369 e. The van der Waals surface area contributed by atoms with Gasteiger partial charge in [-0.2, -0.15) is 0 Å². The molecule has 1 atom stereocenters. The van der Waals surface area contributed by atoms with Crippen LogP contribution in [0.4, 0.5) is 10.5 Å². The van der Waals surface area contributed by atoms with Gasteiger partial charge in [-0.05, 0) is 25.0 Å². The largest absolute Gasteiger partial charge is 0.369 e. The van der Waals surface area contributed by atoms with Crippen LogP contribution in [-0.4, -0.2) is 73.6 Å². The Labute approximate surface area is 148 Å². The summed E-state index contributed by atoms with van der Waals surface area (Å²) in [7, 11) is 0. The van der Waals surface area contributed by atoms with Crippen molar-refractivity contribution in [2.24, 2.45) is 5.73 Å². The Morgan fingerprint density at radius 2 is 1.80 bits per heavy atom. The van der Waals surface area contributed by atoms with Crippen LogP contribution < -0.4 is 16.0 Å². The summed E-state index contributed by atoms with van der Waals surface area (Å²) >= 11 is 0. The smallest absolute Gasteiger partial charge is 0.312 e. The van der Waals surface area contributed by atoms with Gasteiger partial charge < -0.3 is 20.9 Å². The van der Waals surface area contributed by atoms with Crippen LogP contribution >= 0.6 is 0 Å². The molecule has 1 aromatic rings. The van der Waals surface area contributed by atoms with E-state index < -0.39 is 6.03 Å². The number of hydrogen-bond donors (Lipinski definition) is 2. The van der Waals surface area contributed by atoms with Crippen LogP contribution in [0, 0.1) is 0 Å². The highest BCUT2D eigenvalue weighted by molar-refractivity contribution is 5.83. The average molecular weight is 345 g/mol. The normalized spacial score (nSPS) is 21.8. The van der Waals surface area contributed by atoms with Crippen LogP contribution in [0.25, 0.3) is 0 Å². The molecule has 0 radical (unpaired) electrons. The Morgan fingerprint density at radius 1 is 1.08 bits per heavy atom. The lowest BCUT2D eigenvalue weighted by Crippen LogP contribution is -2.56. The molecule has 3 rings (SSSR count). The molecule has 2 heterocycles. The number of anilines is 1. The average Bonchev–Trinajstić information content (AvgIpc) is 2.67. The lowest BCUT2D eigenvalue weighted by Gasteiger charge is -2.44. The van der Waals surface area contributed by atoms with Gasteiger partial charge in [0.1, 0.15) is 0 Å². The molecule has 0 bridgehead atoms. The zero-order valence-corrected chi connectivity index (χ0v) is 14.6. The van der Waals surface area contributed by atoms with Crippen molar-refractivity contribution in [3.8, 4) is 0 Å². The molecule has 3 amide bonds. The molecule has 7 nitrogen and oxygen atoms in total. The molecule has 2 saturated heterocycles. The summed E-state index contributed by atoms with van der Waals surface area (Å²) in [6.07, 6.45) is 2.13. The maximum Gasteiger partial charge on any atom is 0.312 e. The van der Waals surface area contributed by atoms with E-state index in [-0.39, 0.29) is 12.5 Å². The number of carbonyl (C=O) groups is 2. The molecule has 25 heavy (non-hydrogen) atoms. The molecule has 0 spiro atoms. The number of piperidine rings is 1. The van der Waals surface area contributed by atoms with E-state index in [1.165, 1.54) is 5.69 Å². The predicted octanol–water partition coefficient (Wildman–Crippen LogP) is 0.468. The van der Waals surface area contributed by atoms with E-state index in [4.69, 9.17) is 5.73 Å². The van der Waals surface area contributed by atoms with E-state index in [1.807, 2.05) is 11.0 Å². The van der Waals surface area contributed by atoms with Crippen molar-refractivity contribution in [1.29, 1.82) is 0 Å². The Balaban J connectivity index is 1.49. The first-order valence-electron chi connectivity index (χ1n) is 8.98. The lowest BCUT2D eigenvalue weighted by atomic mass is 10.0. The van der Waals surface area contributed by atoms with E-state index in [9.17, 15) is 9.59 Å². The van der Waals surface area contributed by atoms with Gasteiger partial charge >= 0.3 is 6.03 Å². The van der Waals surface area contributed by atoms with Gasteiger partial charge in [0.15, 0.2) is 0 Å². The van der Waals surface area contributed by atoms with Crippen LogP contribution in [0.2, 0.25) is 0 Å². The number of amides is 3. The van der Waals surface area contributed by atoms with Crippen molar-refractivity contribution in [1.82, 2.24) is 15.1 Å².